The molecule has 0 aromatic rings. The highest BCUT2D eigenvalue weighted by atomic mass is 16.7. The van der Waals surface area contributed by atoms with Crippen LogP contribution >= 0.6 is 0 Å². The molecule has 6 atom stereocenters. The number of carbonyl (C=O) groups is 3. The Morgan fingerprint density at radius 1 is 1.13 bits per heavy atom. The van der Waals surface area contributed by atoms with Gasteiger partial charge >= 0.3 is 17.9 Å². The van der Waals surface area contributed by atoms with Crippen LogP contribution in [0.2, 0.25) is 0 Å². The van der Waals surface area contributed by atoms with E-state index in [-0.39, 0.29) is 12.8 Å². The predicted molar refractivity (Wildman–Crippen MR) is 70.4 cm³/mol. The van der Waals surface area contributed by atoms with E-state index in [1.54, 1.807) is 20.8 Å². The maximum atomic E-state index is 12.6. The van der Waals surface area contributed by atoms with Crippen molar-refractivity contribution in [3.63, 3.8) is 0 Å². The van der Waals surface area contributed by atoms with Crippen molar-refractivity contribution in [1.29, 1.82) is 0 Å². The highest BCUT2D eigenvalue weighted by molar-refractivity contribution is 5.94. The van der Waals surface area contributed by atoms with Crippen LogP contribution in [0, 0.1) is 16.2 Å². The van der Waals surface area contributed by atoms with Crippen LogP contribution in [0.4, 0.5) is 0 Å². The number of aliphatic hydroxyl groups is 2. The second-order valence-electron chi connectivity index (χ2n) is 7.89. The first-order valence-electron chi connectivity index (χ1n) is 7.54. The van der Waals surface area contributed by atoms with Gasteiger partial charge in [-0.2, -0.15) is 0 Å². The largest absolute Gasteiger partial charge is 0.461 e. The SMILES string of the molecule is CC(C)(C)[C@]1(O)C[C@@H]2OC(=O)CC23C(=O)O[C@@H]2OC(=O)[C@H](O)[C@@]231. The molecule has 1 aliphatic carbocycles. The van der Waals surface area contributed by atoms with Crippen molar-refractivity contribution >= 4 is 17.9 Å². The molecule has 23 heavy (non-hydrogen) atoms. The lowest BCUT2D eigenvalue weighted by Gasteiger charge is -2.49. The molecule has 0 aromatic heterocycles. The van der Waals surface area contributed by atoms with E-state index in [1.807, 2.05) is 0 Å². The molecule has 0 aromatic carbocycles. The molecule has 0 radical (unpaired) electrons. The summed E-state index contributed by atoms with van der Waals surface area (Å²) in [5.41, 5.74) is -5.91. The predicted octanol–water partition coefficient (Wildman–Crippen LogP) is -0.744. The highest BCUT2D eigenvalue weighted by Crippen LogP contribution is 2.75. The fourth-order valence-electron chi connectivity index (χ4n) is 5.15. The topological polar surface area (TPSA) is 119 Å². The summed E-state index contributed by atoms with van der Waals surface area (Å²) in [6.45, 7) is 5.19. The first-order valence-corrected chi connectivity index (χ1v) is 7.54. The lowest BCUT2D eigenvalue weighted by Crippen LogP contribution is -2.65. The van der Waals surface area contributed by atoms with Crippen molar-refractivity contribution in [1.82, 2.24) is 0 Å². The highest BCUT2D eigenvalue weighted by Gasteiger charge is 2.92. The Morgan fingerprint density at radius 2 is 1.78 bits per heavy atom. The fourth-order valence-corrected chi connectivity index (χ4v) is 5.15. The summed E-state index contributed by atoms with van der Waals surface area (Å²) in [6, 6.07) is 0. The number of hydrogen-bond acceptors (Lipinski definition) is 8. The molecule has 126 valence electrons. The van der Waals surface area contributed by atoms with E-state index in [0.29, 0.717) is 0 Å². The van der Waals surface area contributed by atoms with Crippen LogP contribution in [0.25, 0.3) is 0 Å². The Morgan fingerprint density at radius 3 is 2.39 bits per heavy atom. The molecule has 2 N–H and O–H groups in total. The van der Waals surface area contributed by atoms with Gasteiger partial charge in [-0.1, -0.05) is 20.8 Å². The Kier molecular flexibility index (Phi) is 2.39. The van der Waals surface area contributed by atoms with E-state index >= 15 is 0 Å². The molecule has 8 heteroatoms. The molecule has 1 unspecified atom stereocenters. The summed E-state index contributed by atoms with van der Waals surface area (Å²) >= 11 is 0. The Balaban J connectivity index is 2.05. The average molecular weight is 326 g/mol. The van der Waals surface area contributed by atoms with Gasteiger partial charge in [-0.3, -0.25) is 9.59 Å². The molecule has 1 saturated carbocycles. The first kappa shape index (κ1) is 14.9. The maximum absolute atomic E-state index is 12.6. The minimum atomic E-state index is -1.78. The van der Waals surface area contributed by atoms with Gasteiger partial charge in [0.25, 0.3) is 6.29 Å². The van der Waals surface area contributed by atoms with E-state index in [2.05, 4.69) is 0 Å². The Bertz CT molecular complexity index is 650. The van der Waals surface area contributed by atoms with E-state index in [9.17, 15) is 24.6 Å². The third-order valence-corrected chi connectivity index (χ3v) is 6.22. The van der Waals surface area contributed by atoms with Gasteiger partial charge in [0.2, 0.25) is 0 Å². The van der Waals surface area contributed by atoms with E-state index in [0.717, 1.165) is 0 Å². The molecule has 0 bridgehead atoms. The Hall–Kier alpha value is -1.67. The number of carbonyl (C=O) groups excluding carboxylic acids is 3. The second kappa shape index (κ2) is 3.70. The number of hydrogen-bond donors (Lipinski definition) is 2. The zero-order valence-electron chi connectivity index (χ0n) is 13.0. The molecule has 4 rings (SSSR count). The van der Waals surface area contributed by atoms with Crippen molar-refractivity contribution in [2.24, 2.45) is 16.2 Å². The zero-order valence-corrected chi connectivity index (χ0v) is 13.0. The first-order chi connectivity index (χ1) is 10.5. The van der Waals surface area contributed by atoms with Crippen molar-refractivity contribution in [2.75, 3.05) is 0 Å². The standard InChI is InChI=1S/C15H18O8/c1-12(2,3)14(20)4-6-13(5-7(16)21-6)10(19)23-11-15(13,14)8(17)9(18)22-11/h6,8,11,17,20H,4-5H2,1-3H3/t6-,8-,11-,13?,14+,15+/m0/s1. The summed E-state index contributed by atoms with van der Waals surface area (Å²) in [6.07, 6.45) is -4.58. The summed E-state index contributed by atoms with van der Waals surface area (Å²) in [7, 11) is 0. The maximum Gasteiger partial charge on any atom is 0.339 e. The second-order valence-corrected chi connectivity index (χ2v) is 7.89. The van der Waals surface area contributed by atoms with Crippen molar-refractivity contribution in [3.8, 4) is 0 Å². The van der Waals surface area contributed by atoms with Gasteiger partial charge < -0.3 is 24.4 Å². The molecular formula is C15H18O8. The quantitative estimate of drug-likeness (QED) is 0.558. The van der Waals surface area contributed by atoms with Gasteiger partial charge in [0.1, 0.15) is 16.9 Å². The minimum absolute atomic E-state index is 0.0679. The minimum Gasteiger partial charge on any atom is -0.461 e. The molecule has 3 aliphatic heterocycles. The molecule has 0 amide bonds. The molecular weight excluding hydrogens is 308 g/mol. The summed E-state index contributed by atoms with van der Waals surface area (Å²) in [4.78, 5) is 36.5. The van der Waals surface area contributed by atoms with Gasteiger partial charge in [-0.25, -0.2) is 4.79 Å². The molecule has 3 saturated heterocycles. The lowest BCUT2D eigenvalue weighted by atomic mass is 9.52. The van der Waals surface area contributed by atoms with Crippen LogP contribution in [0.3, 0.4) is 0 Å². The molecule has 2 spiro atoms. The lowest BCUT2D eigenvalue weighted by molar-refractivity contribution is -0.224. The van der Waals surface area contributed by atoms with E-state index in [1.165, 1.54) is 0 Å². The number of esters is 3. The fraction of sp³-hybridized carbons (Fsp3) is 0.800. The van der Waals surface area contributed by atoms with Crippen LogP contribution in [-0.4, -0.2) is 52.2 Å². The van der Waals surface area contributed by atoms with Crippen LogP contribution in [-0.2, 0) is 28.6 Å². The molecule has 8 nitrogen and oxygen atoms in total. The normalized spacial score (nSPS) is 51.0. The summed E-state index contributed by atoms with van der Waals surface area (Å²) in [5, 5.41) is 22.2. The smallest absolute Gasteiger partial charge is 0.339 e. The van der Waals surface area contributed by atoms with Gasteiger partial charge in [-0.05, 0) is 5.41 Å². The monoisotopic (exact) mass is 326 g/mol. The number of aliphatic hydroxyl groups excluding tert-OH is 1. The van der Waals surface area contributed by atoms with Crippen molar-refractivity contribution in [2.45, 2.75) is 57.7 Å². The molecule has 3 heterocycles. The van der Waals surface area contributed by atoms with E-state index < -0.39 is 58.3 Å². The number of rotatable bonds is 0. The molecule has 4 aliphatic rings. The summed E-state index contributed by atoms with van der Waals surface area (Å²) in [5.74, 6) is -2.36. The van der Waals surface area contributed by atoms with Gasteiger partial charge in [0.05, 0.1) is 12.0 Å². The number of ether oxygens (including phenoxy) is 3. The van der Waals surface area contributed by atoms with Crippen molar-refractivity contribution in [3.05, 3.63) is 0 Å². The van der Waals surface area contributed by atoms with Gasteiger partial charge in [-0.15, -0.1) is 0 Å². The summed E-state index contributed by atoms with van der Waals surface area (Å²) < 4.78 is 15.5. The van der Waals surface area contributed by atoms with Crippen molar-refractivity contribution < 1.29 is 38.8 Å². The average Bonchev–Trinajstić information content (AvgIpc) is 3.00. The zero-order chi connectivity index (χ0) is 17.0. The molecule has 4 fully saturated rings. The van der Waals surface area contributed by atoms with Crippen LogP contribution in [0.5, 0.6) is 0 Å². The van der Waals surface area contributed by atoms with Crippen LogP contribution in [0.15, 0.2) is 0 Å². The van der Waals surface area contributed by atoms with Crippen LogP contribution < -0.4 is 0 Å². The Labute approximate surface area is 131 Å². The van der Waals surface area contributed by atoms with Gasteiger partial charge in [0.15, 0.2) is 6.10 Å². The third kappa shape index (κ3) is 1.20. The van der Waals surface area contributed by atoms with Crippen LogP contribution in [0.1, 0.15) is 33.6 Å². The van der Waals surface area contributed by atoms with E-state index in [4.69, 9.17) is 14.2 Å². The van der Waals surface area contributed by atoms with Gasteiger partial charge in [0, 0.05) is 6.42 Å². The third-order valence-electron chi connectivity index (χ3n) is 6.22.